The smallest absolute Gasteiger partial charge is 0.252 e. The second-order valence-corrected chi connectivity index (χ2v) is 10.8. The Morgan fingerprint density at radius 2 is 1.79 bits per heavy atom. The third kappa shape index (κ3) is 8.71. The molecule has 1 amide bonds. The van der Waals surface area contributed by atoms with Crippen molar-refractivity contribution in [1.29, 1.82) is 0 Å². The average molecular weight is 446 g/mol. The van der Waals surface area contributed by atoms with E-state index in [-0.39, 0.29) is 18.0 Å². The third-order valence-corrected chi connectivity index (χ3v) is 7.50. The molecule has 0 saturated carbocycles. The van der Waals surface area contributed by atoms with Crippen LogP contribution in [0.25, 0.3) is 0 Å². The van der Waals surface area contributed by atoms with Crippen molar-refractivity contribution in [2.24, 2.45) is 4.99 Å². The van der Waals surface area contributed by atoms with Crippen LogP contribution in [0.4, 0.5) is 0 Å². The van der Waals surface area contributed by atoms with Crippen LogP contribution in [-0.4, -0.2) is 62.9 Å². The summed E-state index contributed by atoms with van der Waals surface area (Å²) in [6.45, 7) is 13.6. The number of sulfonamides is 1. The summed E-state index contributed by atoms with van der Waals surface area (Å²) in [6.07, 6.45) is 0.664. The van der Waals surface area contributed by atoms with E-state index in [0.29, 0.717) is 42.8 Å². The van der Waals surface area contributed by atoms with Crippen molar-refractivity contribution in [3.8, 4) is 0 Å². The highest BCUT2D eigenvalue weighted by molar-refractivity contribution is 7.91. The maximum atomic E-state index is 12.6. The number of aliphatic imine (C=N–C) groups is 1. The van der Waals surface area contributed by atoms with Gasteiger partial charge in [-0.25, -0.2) is 13.4 Å². The summed E-state index contributed by atoms with van der Waals surface area (Å²) in [4.78, 5) is 17.2. The molecule has 0 bridgehead atoms. The highest BCUT2D eigenvalue weighted by Crippen LogP contribution is 2.25. The molecule has 29 heavy (non-hydrogen) atoms. The number of nitrogens with zero attached hydrogens (tertiary/aromatic N) is 2. The van der Waals surface area contributed by atoms with Crippen LogP contribution in [0.2, 0.25) is 0 Å². The molecule has 1 aromatic rings. The van der Waals surface area contributed by atoms with E-state index in [1.807, 2.05) is 47.6 Å². The maximum absolute atomic E-state index is 12.6. The lowest BCUT2D eigenvalue weighted by atomic mass is 10.1. The fraction of sp³-hybridized carbons (Fsp3) is 0.684. The quantitative estimate of drug-likeness (QED) is 0.376. The third-order valence-electron chi connectivity index (χ3n) is 3.84. The monoisotopic (exact) mass is 445 g/mol. The summed E-state index contributed by atoms with van der Waals surface area (Å²) >= 11 is 1.29. The Bertz CT molecular complexity index is 778. The van der Waals surface area contributed by atoms with Crippen LogP contribution in [0.5, 0.6) is 0 Å². The van der Waals surface area contributed by atoms with Crippen molar-refractivity contribution in [1.82, 2.24) is 20.3 Å². The highest BCUT2D eigenvalue weighted by Gasteiger charge is 2.23. The molecular weight excluding hydrogens is 410 g/mol. The number of guanidine groups is 1. The number of rotatable bonds is 10. The highest BCUT2D eigenvalue weighted by atomic mass is 32.2. The normalized spacial score (nSPS) is 12.9. The maximum Gasteiger partial charge on any atom is 0.252 e. The first-order valence-corrected chi connectivity index (χ1v) is 12.2. The molecule has 0 saturated heterocycles. The van der Waals surface area contributed by atoms with E-state index >= 15 is 0 Å². The van der Waals surface area contributed by atoms with Crippen molar-refractivity contribution in [2.75, 3.05) is 32.7 Å². The van der Waals surface area contributed by atoms with Gasteiger partial charge < -0.3 is 16.0 Å². The summed E-state index contributed by atoms with van der Waals surface area (Å²) in [5.41, 5.74) is -0.291. The van der Waals surface area contributed by atoms with Crippen molar-refractivity contribution in [3.63, 3.8) is 0 Å². The second-order valence-electron chi connectivity index (χ2n) is 7.48. The molecule has 1 rings (SSSR count). The molecule has 0 aliphatic heterocycles. The molecule has 1 aromatic heterocycles. The molecule has 0 aliphatic rings. The minimum Gasteiger partial charge on any atom is -0.357 e. The molecule has 3 N–H and O–H groups in total. The second kappa shape index (κ2) is 11.5. The fourth-order valence-electron chi connectivity index (χ4n) is 2.58. The van der Waals surface area contributed by atoms with Crippen LogP contribution in [0.3, 0.4) is 0 Å². The van der Waals surface area contributed by atoms with Gasteiger partial charge in [-0.2, -0.15) is 4.31 Å². The number of amides is 1. The van der Waals surface area contributed by atoms with Gasteiger partial charge in [0.1, 0.15) is 10.8 Å². The number of thiophene rings is 1. The molecule has 0 spiro atoms. The molecule has 0 fully saturated rings. The molecule has 1 heterocycles. The van der Waals surface area contributed by atoms with Crippen LogP contribution in [-0.2, 0) is 21.2 Å². The molecule has 0 aromatic carbocycles. The number of hydrogen-bond donors (Lipinski definition) is 3. The number of carbonyl (C=O) groups is 1. The molecule has 0 radical (unpaired) electrons. The molecule has 166 valence electrons. The van der Waals surface area contributed by atoms with Crippen LogP contribution < -0.4 is 16.0 Å². The van der Waals surface area contributed by atoms with E-state index in [1.165, 1.54) is 15.6 Å². The summed E-state index contributed by atoms with van der Waals surface area (Å²) in [5, 5.41) is 9.17. The molecule has 10 heteroatoms. The van der Waals surface area contributed by atoms with Crippen LogP contribution in [0.15, 0.2) is 21.3 Å². The van der Waals surface area contributed by atoms with Gasteiger partial charge >= 0.3 is 0 Å². The van der Waals surface area contributed by atoms with Crippen LogP contribution in [0, 0.1) is 0 Å². The zero-order chi connectivity index (χ0) is 22.1. The van der Waals surface area contributed by atoms with Gasteiger partial charge in [0, 0.05) is 36.6 Å². The lowest BCUT2D eigenvalue weighted by Crippen LogP contribution is -2.43. The van der Waals surface area contributed by atoms with Gasteiger partial charge in [-0.15, -0.1) is 11.3 Å². The molecule has 0 aliphatic carbocycles. The lowest BCUT2D eigenvalue weighted by molar-refractivity contribution is -0.121. The molecule has 0 atom stereocenters. The largest absolute Gasteiger partial charge is 0.357 e. The molecule has 8 nitrogen and oxygen atoms in total. The first kappa shape index (κ1) is 25.4. The molecular formula is C19H35N5O3S2. The van der Waals surface area contributed by atoms with Crippen molar-refractivity contribution < 1.29 is 13.2 Å². The van der Waals surface area contributed by atoms with Gasteiger partial charge in [0.05, 0.1) is 0 Å². The van der Waals surface area contributed by atoms with Gasteiger partial charge in [-0.1, -0.05) is 13.8 Å². The minimum atomic E-state index is -3.41. The van der Waals surface area contributed by atoms with Crippen molar-refractivity contribution in [2.45, 2.75) is 57.7 Å². The van der Waals surface area contributed by atoms with Crippen molar-refractivity contribution >= 4 is 33.2 Å². The van der Waals surface area contributed by atoms with Crippen LogP contribution in [0.1, 0.15) is 46.4 Å². The van der Waals surface area contributed by atoms with E-state index in [9.17, 15) is 13.2 Å². The Hall–Kier alpha value is -1.65. The molecule has 0 unspecified atom stereocenters. The Labute approximate surface area is 179 Å². The SMILES string of the molecule is CCNC(=NCC(=O)NC(C)(C)C)NCCc1ccc(S(=O)(=O)N(CC)CC)s1. The summed E-state index contributed by atoms with van der Waals surface area (Å²) < 4.78 is 27.0. The van der Waals surface area contributed by atoms with Crippen LogP contribution >= 0.6 is 11.3 Å². The Morgan fingerprint density at radius 3 is 2.34 bits per heavy atom. The summed E-state index contributed by atoms with van der Waals surface area (Å²) in [6, 6.07) is 3.52. The van der Waals surface area contributed by atoms with Gasteiger partial charge in [0.25, 0.3) is 10.0 Å². The van der Waals surface area contributed by atoms with E-state index in [2.05, 4.69) is 20.9 Å². The topological polar surface area (TPSA) is 103 Å². The lowest BCUT2D eigenvalue weighted by Gasteiger charge is -2.20. The summed E-state index contributed by atoms with van der Waals surface area (Å²) in [5.74, 6) is 0.420. The number of hydrogen-bond acceptors (Lipinski definition) is 5. The first-order valence-electron chi connectivity index (χ1n) is 9.95. The average Bonchev–Trinajstić information content (AvgIpc) is 3.09. The minimum absolute atomic E-state index is 0.0396. The predicted molar refractivity (Wildman–Crippen MR) is 120 cm³/mol. The van der Waals surface area contributed by atoms with Crippen molar-refractivity contribution in [3.05, 3.63) is 17.0 Å². The Morgan fingerprint density at radius 1 is 1.14 bits per heavy atom. The van der Waals surface area contributed by atoms with Gasteiger partial charge in [-0.05, 0) is 46.2 Å². The van der Waals surface area contributed by atoms with E-state index < -0.39 is 10.0 Å². The van der Waals surface area contributed by atoms with E-state index in [0.717, 1.165) is 4.88 Å². The van der Waals surface area contributed by atoms with Gasteiger partial charge in [-0.3, -0.25) is 4.79 Å². The van der Waals surface area contributed by atoms with Gasteiger partial charge in [0.15, 0.2) is 5.96 Å². The number of carbonyl (C=O) groups excluding carboxylic acids is 1. The van der Waals surface area contributed by atoms with Gasteiger partial charge in [0.2, 0.25) is 5.91 Å². The Kier molecular flexibility index (Phi) is 10.1. The Balaban J connectivity index is 2.65. The zero-order valence-electron chi connectivity index (χ0n) is 18.3. The summed E-state index contributed by atoms with van der Waals surface area (Å²) in [7, 11) is -3.41. The fourth-order valence-corrected chi connectivity index (χ4v) is 5.54. The van der Waals surface area contributed by atoms with E-state index in [1.54, 1.807) is 6.07 Å². The number of nitrogens with one attached hydrogen (secondary N) is 3. The standard InChI is InChI=1S/C19H35N5O3S2/c1-7-20-18(22-14-16(25)23-19(4,5)6)21-13-12-15-10-11-17(28-15)29(26,27)24(8-2)9-3/h10-11H,7-9,12-14H2,1-6H3,(H,23,25)(H2,20,21,22). The van der Waals surface area contributed by atoms with E-state index in [4.69, 9.17) is 0 Å². The first-order chi connectivity index (χ1) is 13.5. The predicted octanol–water partition coefficient (Wildman–Crippen LogP) is 1.79. The zero-order valence-corrected chi connectivity index (χ0v) is 20.0.